The van der Waals surface area contributed by atoms with Gasteiger partial charge in [-0.3, -0.25) is 9.59 Å². The quantitative estimate of drug-likeness (QED) is 0.0321. The summed E-state index contributed by atoms with van der Waals surface area (Å²) in [6, 6.07) is -0.640. The Hall–Kier alpha value is -1.66. The summed E-state index contributed by atoms with van der Waals surface area (Å²) in [5.41, 5.74) is 0. The number of unbranched alkanes of at least 4 members (excludes halogenated alkanes) is 44. The van der Waals surface area contributed by atoms with Crippen LogP contribution in [0, 0.1) is 0 Å². The summed E-state index contributed by atoms with van der Waals surface area (Å²) in [6.45, 7) is 4.91. The first-order chi connectivity index (χ1) is 33.5. The Bertz CT molecular complexity index is 1060. The minimum absolute atomic E-state index is 0.000523. The Kier molecular flexibility index (Phi) is 56.5. The molecular weight excluding hydrogens is 839 g/mol. The predicted molar refractivity (Wildman–Crippen MR) is 296 cm³/mol. The molecule has 2 atom stereocenters. The second kappa shape index (κ2) is 57.9. The monoisotopic (exact) mass is 958 g/mol. The van der Waals surface area contributed by atoms with E-state index >= 15 is 0 Å². The van der Waals surface area contributed by atoms with Crippen molar-refractivity contribution in [1.29, 1.82) is 0 Å². The van der Waals surface area contributed by atoms with Crippen LogP contribution < -0.4 is 5.32 Å². The van der Waals surface area contributed by atoms with Crippen LogP contribution in [-0.4, -0.2) is 47.4 Å². The van der Waals surface area contributed by atoms with Crippen LogP contribution in [0.2, 0.25) is 0 Å². The molecule has 0 aromatic rings. The van der Waals surface area contributed by atoms with E-state index < -0.39 is 12.1 Å². The minimum Gasteiger partial charge on any atom is -0.466 e. The lowest BCUT2D eigenvalue weighted by Gasteiger charge is -2.20. The summed E-state index contributed by atoms with van der Waals surface area (Å²) in [5.74, 6) is -0.0820. The van der Waals surface area contributed by atoms with Crippen LogP contribution in [0.15, 0.2) is 24.3 Å². The van der Waals surface area contributed by atoms with Gasteiger partial charge in [-0.1, -0.05) is 289 Å². The molecule has 0 aliphatic heterocycles. The van der Waals surface area contributed by atoms with Crippen molar-refractivity contribution in [3.63, 3.8) is 0 Å². The van der Waals surface area contributed by atoms with Crippen LogP contribution in [-0.2, 0) is 14.3 Å². The molecule has 0 fully saturated rings. The van der Waals surface area contributed by atoms with E-state index in [4.69, 9.17) is 4.74 Å². The Morgan fingerprint density at radius 3 is 1.04 bits per heavy atom. The first kappa shape index (κ1) is 66.3. The SMILES string of the molecule is CCCCCCCCCCCCCCCCCC/C=C/C(O)C(CO)NC(=O)CCCCCCC/C=C\CCCCCCCCCOC(=O)CCCCCCCCCCCCCCCCCCC. The van der Waals surface area contributed by atoms with E-state index in [1.807, 2.05) is 6.08 Å². The number of carbonyl (C=O) groups excluding carboxylic acids is 2. The third kappa shape index (κ3) is 53.7. The van der Waals surface area contributed by atoms with Crippen molar-refractivity contribution < 1.29 is 24.5 Å². The van der Waals surface area contributed by atoms with E-state index in [0.29, 0.717) is 19.4 Å². The molecule has 402 valence electrons. The molecule has 0 heterocycles. The molecule has 0 aliphatic rings. The van der Waals surface area contributed by atoms with Gasteiger partial charge in [0.15, 0.2) is 0 Å². The van der Waals surface area contributed by atoms with Gasteiger partial charge in [-0.05, 0) is 57.8 Å². The average Bonchev–Trinajstić information content (AvgIpc) is 3.34. The van der Waals surface area contributed by atoms with Gasteiger partial charge in [0.25, 0.3) is 0 Å². The number of amides is 1. The summed E-state index contributed by atoms with van der Waals surface area (Å²) >= 11 is 0. The lowest BCUT2D eigenvalue weighted by molar-refractivity contribution is -0.143. The lowest BCUT2D eigenvalue weighted by Crippen LogP contribution is -2.45. The number of aliphatic hydroxyl groups excluding tert-OH is 2. The number of rotatable bonds is 57. The smallest absolute Gasteiger partial charge is 0.305 e. The summed E-state index contributed by atoms with van der Waals surface area (Å²) in [7, 11) is 0. The highest BCUT2D eigenvalue weighted by molar-refractivity contribution is 5.76. The van der Waals surface area contributed by atoms with E-state index in [2.05, 4.69) is 31.3 Å². The molecule has 2 unspecified atom stereocenters. The Morgan fingerprint density at radius 1 is 0.397 bits per heavy atom. The second-order valence-electron chi connectivity index (χ2n) is 21.0. The van der Waals surface area contributed by atoms with Crippen LogP contribution in [0.4, 0.5) is 0 Å². The van der Waals surface area contributed by atoms with E-state index in [9.17, 15) is 19.8 Å². The van der Waals surface area contributed by atoms with Gasteiger partial charge in [-0.15, -0.1) is 0 Å². The van der Waals surface area contributed by atoms with Crippen molar-refractivity contribution in [2.45, 2.75) is 347 Å². The zero-order valence-electron chi connectivity index (χ0n) is 45.9. The summed E-state index contributed by atoms with van der Waals surface area (Å²) in [6.07, 6.45) is 70.6. The fourth-order valence-corrected chi connectivity index (χ4v) is 9.51. The summed E-state index contributed by atoms with van der Waals surface area (Å²) in [4.78, 5) is 24.6. The van der Waals surface area contributed by atoms with Crippen LogP contribution in [0.1, 0.15) is 335 Å². The zero-order valence-corrected chi connectivity index (χ0v) is 45.9. The normalized spacial score (nSPS) is 12.7. The Balaban J connectivity index is 3.47. The molecule has 0 saturated carbocycles. The van der Waals surface area contributed by atoms with Crippen LogP contribution >= 0.6 is 0 Å². The number of hydrogen-bond donors (Lipinski definition) is 3. The standard InChI is InChI=1S/C62H119NO5/c1-3-5-7-9-11-13-15-17-19-21-23-26-30-34-38-42-46-50-54-60(65)59(58-64)63-61(66)55-51-47-43-39-35-31-27-24-25-29-33-37-41-45-49-53-57-68-62(67)56-52-48-44-40-36-32-28-22-20-18-16-14-12-10-8-6-4-2/h24,27,50,54,59-60,64-65H,3-23,25-26,28-49,51-53,55-58H2,1-2H3,(H,63,66)/b27-24-,54-50+. The second-order valence-corrected chi connectivity index (χ2v) is 21.0. The average molecular weight is 959 g/mol. The molecule has 6 heteroatoms. The predicted octanol–water partition coefficient (Wildman–Crippen LogP) is 19.0. The van der Waals surface area contributed by atoms with Crippen molar-refractivity contribution in [3.05, 3.63) is 24.3 Å². The van der Waals surface area contributed by atoms with Crippen molar-refractivity contribution in [2.24, 2.45) is 0 Å². The summed E-state index contributed by atoms with van der Waals surface area (Å²) in [5, 5.41) is 23.1. The zero-order chi connectivity index (χ0) is 49.3. The van der Waals surface area contributed by atoms with Crippen LogP contribution in [0.5, 0.6) is 0 Å². The number of carbonyl (C=O) groups is 2. The van der Waals surface area contributed by atoms with E-state index in [0.717, 1.165) is 64.2 Å². The van der Waals surface area contributed by atoms with Gasteiger partial charge in [0.1, 0.15) is 0 Å². The van der Waals surface area contributed by atoms with Gasteiger partial charge in [-0.2, -0.15) is 0 Å². The number of allylic oxidation sites excluding steroid dienone is 3. The Labute approximate surface area is 424 Å². The van der Waals surface area contributed by atoms with Gasteiger partial charge in [0.05, 0.1) is 25.4 Å². The number of hydrogen-bond acceptors (Lipinski definition) is 5. The molecule has 0 bridgehead atoms. The molecule has 0 aromatic heterocycles. The van der Waals surface area contributed by atoms with Crippen molar-refractivity contribution in [2.75, 3.05) is 13.2 Å². The van der Waals surface area contributed by atoms with E-state index in [-0.39, 0.29) is 18.5 Å². The maximum atomic E-state index is 12.5. The minimum atomic E-state index is -0.855. The van der Waals surface area contributed by atoms with Crippen LogP contribution in [0.25, 0.3) is 0 Å². The largest absolute Gasteiger partial charge is 0.466 e. The van der Waals surface area contributed by atoms with Crippen LogP contribution in [0.3, 0.4) is 0 Å². The highest BCUT2D eigenvalue weighted by atomic mass is 16.5. The third-order valence-corrected chi connectivity index (χ3v) is 14.2. The maximum absolute atomic E-state index is 12.5. The third-order valence-electron chi connectivity index (χ3n) is 14.2. The van der Waals surface area contributed by atoms with E-state index in [1.54, 1.807) is 6.08 Å². The van der Waals surface area contributed by atoms with Crippen molar-refractivity contribution in [3.8, 4) is 0 Å². The lowest BCUT2D eigenvalue weighted by atomic mass is 10.0. The first-order valence-electron chi connectivity index (χ1n) is 30.6. The summed E-state index contributed by atoms with van der Waals surface area (Å²) < 4.78 is 5.48. The molecule has 0 rings (SSSR count). The number of ether oxygens (including phenoxy) is 1. The van der Waals surface area contributed by atoms with Crippen molar-refractivity contribution >= 4 is 11.9 Å². The van der Waals surface area contributed by atoms with Crippen molar-refractivity contribution in [1.82, 2.24) is 5.32 Å². The molecule has 1 amide bonds. The Morgan fingerprint density at radius 2 is 0.691 bits per heavy atom. The van der Waals surface area contributed by atoms with E-state index in [1.165, 1.54) is 244 Å². The fraction of sp³-hybridized carbons (Fsp3) is 0.903. The molecule has 6 nitrogen and oxygen atoms in total. The van der Waals surface area contributed by atoms with Gasteiger partial charge < -0.3 is 20.3 Å². The molecule has 0 aliphatic carbocycles. The molecule has 0 aromatic carbocycles. The first-order valence-corrected chi connectivity index (χ1v) is 30.6. The molecule has 0 radical (unpaired) electrons. The topological polar surface area (TPSA) is 95.9 Å². The molecular formula is C62H119NO5. The molecule has 0 saturated heterocycles. The van der Waals surface area contributed by atoms with Gasteiger partial charge >= 0.3 is 5.97 Å². The fourth-order valence-electron chi connectivity index (χ4n) is 9.51. The molecule has 68 heavy (non-hydrogen) atoms. The molecule has 3 N–H and O–H groups in total. The van der Waals surface area contributed by atoms with Gasteiger partial charge in [-0.25, -0.2) is 0 Å². The number of esters is 1. The number of aliphatic hydroxyl groups is 2. The van der Waals surface area contributed by atoms with Gasteiger partial charge in [0, 0.05) is 12.8 Å². The molecule has 0 spiro atoms. The number of nitrogens with one attached hydrogen (secondary N) is 1. The highest BCUT2D eigenvalue weighted by Gasteiger charge is 2.18. The van der Waals surface area contributed by atoms with Gasteiger partial charge in [0.2, 0.25) is 5.91 Å². The maximum Gasteiger partial charge on any atom is 0.305 e. The highest BCUT2D eigenvalue weighted by Crippen LogP contribution is 2.17.